The van der Waals surface area contributed by atoms with E-state index in [4.69, 9.17) is 17.0 Å². The van der Waals surface area contributed by atoms with Crippen molar-refractivity contribution in [1.82, 2.24) is 19.8 Å². The highest BCUT2D eigenvalue weighted by atomic mass is 32.1. The number of aryl methyl sites for hydroxylation is 1. The molecular weight excluding hydrogens is 446 g/mol. The van der Waals surface area contributed by atoms with Crippen LogP contribution in [0.2, 0.25) is 0 Å². The van der Waals surface area contributed by atoms with E-state index in [2.05, 4.69) is 68.8 Å². The van der Waals surface area contributed by atoms with Gasteiger partial charge < -0.3 is 24.4 Å². The van der Waals surface area contributed by atoms with Gasteiger partial charge in [0, 0.05) is 49.6 Å². The second-order valence-electron chi connectivity index (χ2n) is 8.72. The summed E-state index contributed by atoms with van der Waals surface area (Å²) in [7, 11) is 5.48. The molecule has 7 nitrogen and oxygen atoms in total. The molecule has 3 aromatic rings. The molecule has 8 heteroatoms. The lowest BCUT2D eigenvalue weighted by Crippen LogP contribution is -2.32. The van der Waals surface area contributed by atoms with Gasteiger partial charge in [0.15, 0.2) is 5.11 Å². The van der Waals surface area contributed by atoms with Gasteiger partial charge in [-0.1, -0.05) is 6.07 Å². The Balaban J connectivity index is 1.77. The Morgan fingerprint density at radius 2 is 1.91 bits per heavy atom. The fourth-order valence-electron chi connectivity index (χ4n) is 4.68. The predicted molar refractivity (Wildman–Crippen MR) is 138 cm³/mol. The number of esters is 1. The SMILES string of the molecule is COC(=O)CCN1C(=S)N[C@@H](c2ccccn2)[C@@H]1c1cc(C)n(-c2ccc(N(C)C)cc2)c1C. The molecule has 34 heavy (non-hydrogen) atoms. The standard InChI is InChI=1S/C26H31N5O2S/c1-17-16-21(18(2)31(17)20-11-9-19(10-12-20)29(3)4)25-24(22-8-6-7-14-27-22)28-26(34)30(25)15-13-23(32)33-5/h6-12,14,16,24-25H,13,15H2,1-5H3,(H,28,34)/t24-,25-/m0/s1. The quantitative estimate of drug-likeness (QED) is 0.406. The zero-order chi connectivity index (χ0) is 24.4. The molecule has 0 unspecified atom stereocenters. The number of anilines is 1. The van der Waals surface area contributed by atoms with Crippen molar-refractivity contribution in [2.75, 3.05) is 32.6 Å². The molecular formula is C26H31N5O2S. The van der Waals surface area contributed by atoms with Gasteiger partial charge in [-0.25, -0.2) is 0 Å². The first-order valence-electron chi connectivity index (χ1n) is 11.3. The number of thiocarbonyl (C=S) groups is 1. The van der Waals surface area contributed by atoms with Crippen molar-refractivity contribution >= 4 is 29.0 Å². The van der Waals surface area contributed by atoms with E-state index in [0.717, 1.165) is 34.0 Å². The zero-order valence-electron chi connectivity index (χ0n) is 20.3. The van der Waals surface area contributed by atoms with Crippen LogP contribution in [0.5, 0.6) is 0 Å². The topological polar surface area (TPSA) is 62.6 Å². The number of ether oxygens (including phenoxy) is 1. The molecule has 1 aromatic carbocycles. The number of nitrogens with one attached hydrogen (secondary N) is 1. The van der Waals surface area contributed by atoms with Gasteiger partial charge in [0.2, 0.25) is 0 Å². The first kappa shape index (κ1) is 23.8. The molecule has 0 bridgehead atoms. The summed E-state index contributed by atoms with van der Waals surface area (Å²) in [6.07, 6.45) is 2.05. The third kappa shape index (κ3) is 4.50. The van der Waals surface area contributed by atoms with Gasteiger partial charge >= 0.3 is 5.97 Å². The van der Waals surface area contributed by atoms with Gasteiger partial charge in [-0.2, -0.15) is 0 Å². The summed E-state index contributed by atoms with van der Waals surface area (Å²) in [5.41, 5.74) is 6.60. The Bertz CT molecular complexity index is 1170. The number of aromatic nitrogens is 2. The number of hydrogen-bond donors (Lipinski definition) is 1. The monoisotopic (exact) mass is 477 g/mol. The van der Waals surface area contributed by atoms with Gasteiger partial charge in [-0.3, -0.25) is 9.78 Å². The summed E-state index contributed by atoms with van der Waals surface area (Å²) >= 11 is 5.72. The molecule has 2 aromatic heterocycles. The molecule has 2 atom stereocenters. The average molecular weight is 478 g/mol. The van der Waals surface area contributed by atoms with E-state index in [1.807, 2.05) is 32.3 Å². The van der Waals surface area contributed by atoms with Gasteiger partial charge in [-0.05, 0) is 74.1 Å². The first-order valence-corrected chi connectivity index (χ1v) is 11.7. The van der Waals surface area contributed by atoms with Crippen molar-refractivity contribution in [2.24, 2.45) is 0 Å². The molecule has 0 spiro atoms. The molecule has 1 aliphatic heterocycles. The zero-order valence-corrected chi connectivity index (χ0v) is 21.1. The van der Waals surface area contributed by atoms with Crippen LogP contribution in [0.25, 0.3) is 5.69 Å². The summed E-state index contributed by atoms with van der Waals surface area (Å²) in [6, 6.07) is 16.4. The minimum Gasteiger partial charge on any atom is -0.469 e. The highest BCUT2D eigenvalue weighted by Crippen LogP contribution is 2.41. The maximum atomic E-state index is 11.9. The minimum atomic E-state index is -0.255. The van der Waals surface area contributed by atoms with E-state index in [1.54, 1.807) is 6.20 Å². The highest BCUT2D eigenvalue weighted by Gasteiger charge is 2.41. The van der Waals surface area contributed by atoms with Crippen LogP contribution in [0.15, 0.2) is 54.7 Å². The average Bonchev–Trinajstić information content (AvgIpc) is 3.32. The van der Waals surface area contributed by atoms with E-state index in [-0.39, 0.29) is 24.5 Å². The van der Waals surface area contributed by atoms with Crippen LogP contribution in [0.4, 0.5) is 5.69 Å². The molecule has 0 amide bonds. The second-order valence-corrected chi connectivity index (χ2v) is 9.11. The Morgan fingerprint density at radius 3 is 2.53 bits per heavy atom. The van der Waals surface area contributed by atoms with E-state index >= 15 is 0 Å². The number of carbonyl (C=O) groups is 1. The molecule has 1 N–H and O–H groups in total. The molecule has 1 fully saturated rings. The third-order valence-corrected chi connectivity index (χ3v) is 6.75. The number of hydrogen-bond acceptors (Lipinski definition) is 5. The van der Waals surface area contributed by atoms with Crippen LogP contribution in [0.1, 0.15) is 41.1 Å². The molecule has 3 heterocycles. The lowest BCUT2D eigenvalue weighted by Gasteiger charge is -2.28. The van der Waals surface area contributed by atoms with E-state index < -0.39 is 0 Å². The lowest BCUT2D eigenvalue weighted by atomic mass is 9.96. The minimum absolute atomic E-state index is 0.104. The van der Waals surface area contributed by atoms with Crippen molar-refractivity contribution in [2.45, 2.75) is 32.4 Å². The number of rotatable bonds is 7. The van der Waals surface area contributed by atoms with Gasteiger partial charge in [0.05, 0.1) is 31.3 Å². The Labute approximate surface area is 206 Å². The number of carbonyl (C=O) groups excluding carboxylic acids is 1. The summed E-state index contributed by atoms with van der Waals surface area (Å²) < 4.78 is 7.15. The van der Waals surface area contributed by atoms with Crippen molar-refractivity contribution in [3.05, 3.63) is 77.4 Å². The molecule has 0 radical (unpaired) electrons. The normalized spacial score (nSPS) is 17.6. The molecule has 1 aliphatic rings. The smallest absolute Gasteiger partial charge is 0.307 e. The van der Waals surface area contributed by atoms with Gasteiger partial charge in [-0.15, -0.1) is 0 Å². The Hall–Kier alpha value is -3.39. The highest BCUT2D eigenvalue weighted by molar-refractivity contribution is 7.80. The lowest BCUT2D eigenvalue weighted by molar-refractivity contribution is -0.140. The summed E-state index contributed by atoms with van der Waals surface area (Å²) in [5, 5.41) is 4.07. The number of pyridine rings is 1. The van der Waals surface area contributed by atoms with Crippen molar-refractivity contribution in [3.8, 4) is 5.69 Å². The van der Waals surface area contributed by atoms with Crippen molar-refractivity contribution in [1.29, 1.82) is 0 Å². The van der Waals surface area contributed by atoms with Crippen molar-refractivity contribution < 1.29 is 9.53 Å². The summed E-state index contributed by atoms with van der Waals surface area (Å²) in [5.74, 6) is -0.255. The maximum Gasteiger partial charge on any atom is 0.307 e. The fraction of sp³-hybridized carbons (Fsp3) is 0.346. The molecule has 0 aliphatic carbocycles. The summed E-state index contributed by atoms with van der Waals surface area (Å²) in [4.78, 5) is 20.7. The molecule has 178 valence electrons. The first-order chi connectivity index (χ1) is 16.3. The van der Waals surface area contributed by atoms with Crippen LogP contribution in [-0.4, -0.2) is 53.3 Å². The number of benzene rings is 1. The Morgan fingerprint density at radius 1 is 1.18 bits per heavy atom. The predicted octanol–water partition coefficient (Wildman–Crippen LogP) is 4.09. The third-order valence-electron chi connectivity index (χ3n) is 6.40. The van der Waals surface area contributed by atoms with E-state index in [1.165, 1.54) is 7.11 Å². The Kier molecular flexibility index (Phi) is 6.88. The summed E-state index contributed by atoms with van der Waals surface area (Å²) in [6.45, 7) is 4.72. The van der Waals surface area contributed by atoms with Crippen molar-refractivity contribution in [3.63, 3.8) is 0 Å². The molecule has 0 saturated carbocycles. The molecule has 4 rings (SSSR count). The van der Waals surface area contributed by atoms with Gasteiger partial charge in [0.25, 0.3) is 0 Å². The number of methoxy groups -OCH3 is 1. The second kappa shape index (κ2) is 9.85. The van der Waals surface area contributed by atoms with E-state index in [9.17, 15) is 4.79 Å². The van der Waals surface area contributed by atoms with Crippen LogP contribution < -0.4 is 10.2 Å². The number of nitrogens with zero attached hydrogens (tertiary/aromatic N) is 4. The van der Waals surface area contributed by atoms with Crippen LogP contribution >= 0.6 is 12.2 Å². The van der Waals surface area contributed by atoms with Crippen LogP contribution in [0, 0.1) is 13.8 Å². The maximum absolute atomic E-state index is 11.9. The van der Waals surface area contributed by atoms with Gasteiger partial charge in [0.1, 0.15) is 0 Å². The largest absolute Gasteiger partial charge is 0.469 e. The fourth-order valence-corrected chi connectivity index (χ4v) is 5.01. The van der Waals surface area contributed by atoms with Crippen LogP contribution in [0.3, 0.4) is 0 Å². The molecule has 1 saturated heterocycles. The van der Waals surface area contributed by atoms with Crippen LogP contribution in [-0.2, 0) is 9.53 Å². The van der Waals surface area contributed by atoms with E-state index in [0.29, 0.717) is 11.7 Å².